The first-order chi connectivity index (χ1) is 17.0. The number of hydrogen-bond donors (Lipinski definition) is 1. The standard InChI is InChI=1S/C28H23N7/c1-28(2,3)20-5-7-21(8-6-20)35-25-22-13-17(19-12-18-10-11-29-26(18)31-14-19)4-9-23(22)30-15-24(25)34-16-32-33-27(34)35/h4-16H,1-3H3,(H,29,31). The van der Waals surface area contributed by atoms with Crippen LogP contribution in [0.15, 0.2) is 79.5 Å². The highest BCUT2D eigenvalue weighted by Crippen LogP contribution is 2.33. The number of fused-ring (bicyclic) bond motifs is 6. The number of aromatic nitrogens is 7. The minimum atomic E-state index is 0.0849. The molecule has 0 fully saturated rings. The summed E-state index contributed by atoms with van der Waals surface area (Å²) in [6.07, 6.45) is 7.48. The maximum absolute atomic E-state index is 4.76. The number of nitrogens with zero attached hydrogens (tertiary/aromatic N) is 6. The molecular weight excluding hydrogens is 434 g/mol. The van der Waals surface area contributed by atoms with Crippen molar-refractivity contribution >= 4 is 38.7 Å². The largest absolute Gasteiger partial charge is 0.346 e. The Bertz CT molecular complexity index is 1880. The zero-order valence-electron chi connectivity index (χ0n) is 19.7. The van der Waals surface area contributed by atoms with E-state index in [-0.39, 0.29) is 5.41 Å². The third-order valence-electron chi connectivity index (χ3n) is 6.76. The fourth-order valence-electron chi connectivity index (χ4n) is 4.86. The zero-order chi connectivity index (χ0) is 23.7. The lowest BCUT2D eigenvalue weighted by atomic mass is 9.87. The highest BCUT2D eigenvalue weighted by atomic mass is 15.3. The van der Waals surface area contributed by atoms with Gasteiger partial charge in [-0.25, -0.2) is 4.98 Å². The van der Waals surface area contributed by atoms with Crippen LogP contribution in [0.25, 0.3) is 55.6 Å². The van der Waals surface area contributed by atoms with E-state index in [4.69, 9.17) is 4.98 Å². The van der Waals surface area contributed by atoms with E-state index in [0.29, 0.717) is 0 Å². The molecule has 0 saturated heterocycles. The molecule has 35 heavy (non-hydrogen) atoms. The normalized spacial score (nSPS) is 12.4. The fraction of sp³-hybridized carbons (Fsp3) is 0.143. The number of aromatic amines is 1. The molecule has 0 bridgehead atoms. The van der Waals surface area contributed by atoms with E-state index in [2.05, 4.69) is 94.0 Å². The van der Waals surface area contributed by atoms with E-state index < -0.39 is 0 Å². The van der Waals surface area contributed by atoms with Gasteiger partial charge in [-0.1, -0.05) is 39.0 Å². The van der Waals surface area contributed by atoms with Crippen molar-refractivity contribution in [3.05, 3.63) is 85.1 Å². The van der Waals surface area contributed by atoms with E-state index in [0.717, 1.165) is 55.6 Å². The van der Waals surface area contributed by atoms with E-state index >= 15 is 0 Å². The van der Waals surface area contributed by atoms with Crippen molar-refractivity contribution in [2.75, 3.05) is 0 Å². The van der Waals surface area contributed by atoms with Gasteiger partial charge in [-0.05, 0) is 52.9 Å². The van der Waals surface area contributed by atoms with Crippen molar-refractivity contribution in [3.63, 3.8) is 0 Å². The summed E-state index contributed by atoms with van der Waals surface area (Å²) >= 11 is 0. The summed E-state index contributed by atoms with van der Waals surface area (Å²) in [6, 6.07) is 19.3. The number of benzene rings is 2. The molecule has 0 spiro atoms. The average molecular weight is 458 g/mol. The van der Waals surface area contributed by atoms with Gasteiger partial charge in [-0.3, -0.25) is 14.0 Å². The third kappa shape index (κ3) is 2.98. The first kappa shape index (κ1) is 19.9. The summed E-state index contributed by atoms with van der Waals surface area (Å²) in [5, 5.41) is 10.8. The topological polar surface area (TPSA) is 76.7 Å². The van der Waals surface area contributed by atoms with Gasteiger partial charge in [0.15, 0.2) is 0 Å². The summed E-state index contributed by atoms with van der Waals surface area (Å²) in [5.41, 5.74) is 8.41. The molecule has 170 valence electrons. The monoisotopic (exact) mass is 457 g/mol. The predicted octanol–water partition coefficient (Wildman–Crippen LogP) is 6.06. The highest BCUT2D eigenvalue weighted by molar-refractivity contribution is 6.06. The van der Waals surface area contributed by atoms with Crippen LogP contribution in [0.1, 0.15) is 26.3 Å². The van der Waals surface area contributed by atoms with Gasteiger partial charge in [-0.2, -0.15) is 0 Å². The molecule has 0 amide bonds. The van der Waals surface area contributed by atoms with Crippen LogP contribution in [0.4, 0.5) is 0 Å². The summed E-state index contributed by atoms with van der Waals surface area (Å²) < 4.78 is 4.18. The molecule has 0 unspecified atom stereocenters. The van der Waals surface area contributed by atoms with Crippen LogP contribution in [0.5, 0.6) is 0 Å². The van der Waals surface area contributed by atoms with Gasteiger partial charge in [0.25, 0.3) is 0 Å². The van der Waals surface area contributed by atoms with Crippen LogP contribution >= 0.6 is 0 Å². The molecule has 1 N–H and O–H groups in total. The number of nitrogens with one attached hydrogen (secondary N) is 1. The molecule has 0 aliphatic heterocycles. The predicted molar refractivity (Wildman–Crippen MR) is 139 cm³/mol. The Hall–Kier alpha value is -4.52. The summed E-state index contributed by atoms with van der Waals surface area (Å²) in [4.78, 5) is 12.5. The molecule has 7 aromatic rings. The van der Waals surface area contributed by atoms with Crippen LogP contribution < -0.4 is 0 Å². The molecular formula is C28H23N7. The molecule has 5 heterocycles. The van der Waals surface area contributed by atoms with Gasteiger partial charge in [0.05, 0.1) is 22.7 Å². The molecule has 5 aromatic heterocycles. The molecule has 0 saturated carbocycles. The lowest BCUT2D eigenvalue weighted by Gasteiger charge is -2.19. The van der Waals surface area contributed by atoms with Gasteiger partial charge < -0.3 is 4.98 Å². The third-order valence-corrected chi connectivity index (χ3v) is 6.76. The summed E-state index contributed by atoms with van der Waals surface area (Å²) in [6.45, 7) is 6.68. The van der Waals surface area contributed by atoms with Crippen molar-refractivity contribution in [3.8, 4) is 16.8 Å². The average Bonchev–Trinajstić information content (AvgIpc) is 3.58. The Morgan fingerprint density at radius 2 is 1.71 bits per heavy atom. The maximum Gasteiger partial charge on any atom is 0.241 e. The van der Waals surface area contributed by atoms with Gasteiger partial charge in [0, 0.05) is 34.4 Å². The second-order valence-electron chi connectivity index (χ2n) is 10.00. The van der Waals surface area contributed by atoms with Gasteiger partial charge in [-0.15, -0.1) is 10.2 Å². The maximum atomic E-state index is 4.76. The van der Waals surface area contributed by atoms with Crippen LogP contribution in [-0.2, 0) is 5.41 Å². The van der Waals surface area contributed by atoms with E-state index in [1.807, 2.05) is 29.1 Å². The number of imidazole rings is 1. The number of H-pyrrole nitrogens is 1. The highest BCUT2D eigenvalue weighted by Gasteiger charge is 2.19. The summed E-state index contributed by atoms with van der Waals surface area (Å²) in [7, 11) is 0. The molecule has 7 nitrogen and oxygen atoms in total. The molecule has 7 rings (SSSR count). The molecule has 0 aliphatic rings. The quantitative estimate of drug-likeness (QED) is 0.342. The van der Waals surface area contributed by atoms with Gasteiger partial charge >= 0.3 is 0 Å². The van der Waals surface area contributed by atoms with Crippen molar-refractivity contribution < 1.29 is 0 Å². The molecule has 0 atom stereocenters. The van der Waals surface area contributed by atoms with E-state index in [1.165, 1.54) is 5.56 Å². The molecule has 0 radical (unpaired) electrons. The Kier molecular flexibility index (Phi) is 3.98. The SMILES string of the molecule is CC(C)(C)c1ccc(-n2c3c4cc(-c5cnc6[nH]ccc6c5)ccc4ncc3n3cnnc23)cc1. The first-order valence-corrected chi connectivity index (χ1v) is 11.6. The van der Waals surface area contributed by atoms with Crippen molar-refractivity contribution in [2.45, 2.75) is 26.2 Å². The Morgan fingerprint density at radius 1 is 0.857 bits per heavy atom. The van der Waals surface area contributed by atoms with Crippen LogP contribution in [0.2, 0.25) is 0 Å². The zero-order valence-corrected chi connectivity index (χ0v) is 19.7. The van der Waals surface area contributed by atoms with E-state index in [9.17, 15) is 0 Å². The lowest BCUT2D eigenvalue weighted by Crippen LogP contribution is -2.10. The Balaban J connectivity index is 1.51. The van der Waals surface area contributed by atoms with Gasteiger partial charge in [0.2, 0.25) is 5.78 Å². The first-order valence-electron chi connectivity index (χ1n) is 11.6. The fourth-order valence-corrected chi connectivity index (χ4v) is 4.86. The molecule has 2 aromatic carbocycles. The van der Waals surface area contributed by atoms with Crippen molar-refractivity contribution in [1.82, 2.24) is 34.1 Å². The minimum Gasteiger partial charge on any atom is -0.346 e. The Labute approximate surface area is 201 Å². The minimum absolute atomic E-state index is 0.0849. The van der Waals surface area contributed by atoms with Crippen molar-refractivity contribution in [1.29, 1.82) is 0 Å². The van der Waals surface area contributed by atoms with Crippen LogP contribution in [0, 0.1) is 0 Å². The molecule has 0 aliphatic carbocycles. The second-order valence-corrected chi connectivity index (χ2v) is 10.00. The van der Waals surface area contributed by atoms with Crippen LogP contribution in [-0.4, -0.2) is 34.1 Å². The smallest absolute Gasteiger partial charge is 0.241 e. The molecule has 7 heteroatoms. The van der Waals surface area contributed by atoms with Crippen LogP contribution in [0.3, 0.4) is 0 Å². The second kappa shape index (κ2) is 6.99. The Morgan fingerprint density at radius 3 is 2.54 bits per heavy atom. The van der Waals surface area contributed by atoms with Gasteiger partial charge in [0.1, 0.15) is 12.0 Å². The number of pyridine rings is 2. The summed E-state index contributed by atoms with van der Waals surface area (Å²) in [5.74, 6) is 0.763. The number of rotatable bonds is 2. The number of hydrogen-bond acceptors (Lipinski definition) is 4. The van der Waals surface area contributed by atoms with E-state index in [1.54, 1.807) is 6.33 Å². The van der Waals surface area contributed by atoms with Crippen molar-refractivity contribution in [2.24, 2.45) is 0 Å². The lowest BCUT2D eigenvalue weighted by molar-refractivity contribution is 0.590.